The minimum Gasteiger partial charge on any atom is -0.325 e. The molecule has 0 aliphatic carbocycles. The lowest BCUT2D eigenvalue weighted by molar-refractivity contribution is -0.117. The SMILES string of the molecule is C[C@@H]1CCC[C@H](C)N1Cc1ccc2cc(NC(=O)CN3CCC(c4ccc(Cl)cc4)CC3)ccc2n1. The second-order valence-corrected chi connectivity index (χ2v) is 11.1. The number of benzene rings is 2. The van der Waals surface area contributed by atoms with Crippen molar-refractivity contribution >= 4 is 34.1 Å². The molecule has 0 unspecified atom stereocenters. The number of likely N-dealkylation sites (tertiary alicyclic amines) is 2. The van der Waals surface area contributed by atoms with Gasteiger partial charge in [-0.25, -0.2) is 0 Å². The van der Waals surface area contributed by atoms with Crippen molar-refractivity contribution in [1.82, 2.24) is 14.8 Å². The highest BCUT2D eigenvalue weighted by Crippen LogP contribution is 2.29. The average Bonchev–Trinajstić information content (AvgIpc) is 2.87. The molecule has 2 aromatic carbocycles. The van der Waals surface area contributed by atoms with Gasteiger partial charge < -0.3 is 5.32 Å². The van der Waals surface area contributed by atoms with Crippen molar-refractivity contribution in [3.63, 3.8) is 0 Å². The summed E-state index contributed by atoms with van der Waals surface area (Å²) < 4.78 is 0. The standard InChI is InChI=1S/C30H37ClN4O/c1-21-4-3-5-22(2)35(21)19-28-11-8-25-18-27(12-13-29(25)32-28)33-30(36)20-34-16-14-24(15-17-34)23-6-9-26(31)10-7-23/h6-13,18,21-22,24H,3-5,14-17,19-20H2,1-2H3,(H,33,36)/t21-,22+. The Balaban J connectivity index is 1.14. The molecule has 2 saturated heterocycles. The molecule has 0 spiro atoms. The average molecular weight is 505 g/mol. The van der Waals surface area contributed by atoms with E-state index in [4.69, 9.17) is 16.6 Å². The van der Waals surface area contributed by atoms with E-state index in [9.17, 15) is 4.79 Å². The fraction of sp³-hybridized carbons (Fsp3) is 0.467. The van der Waals surface area contributed by atoms with Gasteiger partial charge in [-0.1, -0.05) is 36.2 Å². The Morgan fingerprint density at radius 1 is 0.972 bits per heavy atom. The number of aromatic nitrogens is 1. The zero-order chi connectivity index (χ0) is 25.1. The van der Waals surface area contributed by atoms with Crippen LogP contribution in [0.2, 0.25) is 5.02 Å². The van der Waals surface area contributed by atoms with E-state index in [-0.39, 0.29) is 5.91 Å². The first kappa shape index (κ1) is 25.2. The molecule has 0 bridgehead atoms. The van der Waals surface area contributed by atoms with E-state index in [0.717, 1.165) is 59.8 Å². The number of rotatable bonds is 6. The van der Waals surface area contributed by atoms with Crippen molar-refractivity contribution in [2.75, 3.05) is 25.0 Å². The molecule has 6 heteroatoms. The molecular formula is C30H37ClN4O. The van der Waals surface area contributed by atoms with Crippen LogP contribution in [-0.4, -0.2) is 52.4 Å². The predicted molar refractivity (Wildman–Crippen MR) is 149 cm³/mol. The van der Waals surface area contributed by atoms with E-state index in [1.807, 2.05) is 30.3 Å². The van der Waals surface area contributed by atoms with E-state index in [1.54, 1.807) is 0 Å². The van der Waals surface area contributed by atoms with Gasteiger partial charge in [0, 0.05) is 34.7 Å². The van der Waals surface area contributed by atoms with Crippen molar-refractivity contribution in [3.8, 4) is 0 Å². The van der Waals surface area contributed by atoms with Gasteiger partial charge in [0.15, 0.2) is 0 Å². The van der Waals surface area contributed by atoms with Gasteiger partial charge in [-0.2, -0.15) is 0 Å². The third kappa shape index (κ3) is 6.08. The predicted octanol–water partition coefficient (Wildman–Crippen LogP) is 6.47. The van der Waals surface area contributed by atoms with E-state index >= 15 is 0 Å². The van der Waals surface area contributed by atoms with Crippen molar-refractivity contribution < 1.29 is 4.79 Å². The van der Waals surface area contributed by atoms with Gasteiger partial charge in [-0.15, -0.1) is 0 Å². The molecule has 5 rings (SSSR count). The van der Waals surface area contributed by atoms with E-state index < -0.39 is 0 Å². The second-order valence-electron chi connectivity index (χ2n) is 10.7. The van der Waals surface area contributed by atoms with Crippen molar-refractivity contribution in [2.45, 2.75) is 70.5 Å². The Morgan fingerprint density at radius 3 is 2.42 bits per heavy atom. The quantitative estimate of drug-likeness (QED) is 0.418. The highest BCUT2D eigenvalue weighted by atomic mass is 35.5. The molecule has 5 nitrogen and oxygen atoms in total. The van der Waals surface area contributed by atoms with Gasteiger partial charge in [-0.05, 0) is 100 Å². The molecule has 2 aliphatic rings. The Hall–Kier alpha value is -2.47. The van der Waals surface area contributed by atoms with Crippen molar-refractivity contribution in [2.24, 2.45) is 0 Å². The van der Waals surface area contributed by atoms with Gasteiger partial charge in [0.1, 0.15) is 0 Å². The van der Waals surface area contributed by atoms with Crippen LogP contribution in [0.25, 0.3) is 10.9 Å². The summed E-state index contributed by atoms with van der Waals surface area (Å²) in [6.07, 6.45) is 5.98. The summed E-state index contributed by atoms with van der Waals surface area (Å²) in [5.74, 6) is 0.581. The number of hydrogen-bond donors (Lipinski definition) is 1. The number of carbonyl (C=O) groups is 1. The summed E-state index contributed by atoms with van der Waals surface area (Å²) in [7, 11) is 0. The number of anilines is 1. The zero-order valence-corrected chi connectivity index (χ0v) is 22.2. The van der Waals surface area contributed by atoms with Crippen molar-refractivity contribution in [1.29, 1.82) is 0 Å². The lowest BCUT2D eigenvalue weighted by atomic mass is 9.89. The summed E-state index contributed by atoms with van der Waals surface area (Å²) in [5, 5.41) is 4.92. The molecule has 2 atom stereocenters. The lowest BCUT2D eigenvalue weighted by Gasteiger charge is -2.38. The number of piperidine rings is 2. The highest BCUT2D eigenvalue weighted by molar-refractivity contribution is 6.30. The van der Waals surface area contributed by atoms with Crippen LogP contribution >= 0.6 is 11.6 Å². The first-order valence-corrected chi connectivity index (χ1v) is 13.8. The molecule has 1 amide bonds. The van der Waals surface area contributed by atoms with Gasteiger partial charge in [-0.3, -0.25) is 19.6 Å². The molecule has 1 N–H and O–H groups in total. The van der Waals surface area contributed by atoms with Gasteiger partial charge in [0.05, 0.1) is 17.8 Å². The smallest absolute Gasteiger partial charge is 0.238 e. The van der Waals surface area contributed by atoms with Crippen LogP contribution in [0.5, 0.6) is 0 Å². The first-order chi connectivity index (χ1) is 17.4. The Labute approximate surface area is 219 Å². The Morgan fingerprint density at radius 2 is 1.69 bits per heavy atom. The van der Waals surface area contributed by atoms with Crippen LogP contribution in [0.1, 0.15) is 63.1 Å². The highest BCUT2D eigenvalue weighted by Gasteiger charge is 2.25. The Kier molecular flexibility index (Phi) is 7.90. The number of halogens is 1. The second kappa shape index (κ2) is 11.3. The van der Waals surface area contributed by atoms with E-state index in [2.05, 4.69) is 53.2 Å². The van der Waals surface area contributed by atoms with E-state index in [1.165, 1.54) is 24.8 Å². The zero-order valence-electron chi connectivity index (χ0n) is 21.4. The molecular weight excluding hydrogens is 468 g/mol. The number of fused-ring (bicyclic) bond motifs is 1. The number of nitrogens with zero attached hydrogens (tertiary/aromatic N) is 3. The molecule has 190 valence electrons. The Bertz CT molecular complexity index is 1180. The topological polar surface area (TPSA) is 48.5 Å². The molecule has 2 aliphatic heterocycles. The molecule has 1 aromatic heterocycles. The maximum atomic E-state index is 12.8. The number of carbonyl (C=O) groups excluding carboxylic acids is 1. The molecule has 36 heavy (non-hydrogen) atoms. The third-order valence-corrected chi connectivity index (χ3v) is 8.30. The summed E-state index contributed by atoms with van der Waals surface area (Å²) in [6, 6.07) is 19.7. The lowest BCUT2D eigenvalue weighted by Crippen LogP contribution is -2.43. The normalized spacial score (nSPS) is 22.1. The van der Waals surface area contributed by atoms with Crippen LogP contribution in [0.4, 0.5) is 5.69 Å². The fourth-order valence-electron chi connectivity index (χ4n) is 5.87. The summed E-state index contributed by atoms with van der Waals surface area (Å²) >= 11 is 6.02. The minimum absolute atomic E-state index is 0.0388. The van der Waals surface area contributed by atoms with Crippen LogP contribution < -0.4 is 5.32 Å². The van der Waals surface area contributed by atoms with Crippen LogP contribution in [0, 0.1) is 0 Å². The maximum Gasteiger partial charge on any atom is 0.238 e. The number of nitrogens with one attached hydrogen (secondary N) is 1. The minimum atomic E-state index is 0.0388. The maximum absolute atomic E-state index is 12.8. The third-order valence-electron chi connectivity index (χ3n) is 8.05. The molecule has 0 saturated carbocycles. The number of hydrogen-bond acceptors (Lipinski definition) is 4. The van der Waals surface area contributed by atoms with Gasteiger partial charge in [0.2, 0.25) is 5.91 Å². The molecule has 3 heterocycles. The van der Waals surface area contributed by atoms with Gasteiger partial charge >= 0.3 is 0 Å². The fourth-order valence-corrected chi connectivity index (χ4v) is 6.00. The summed E-state index contributed by atoms with van der Waals surface area (Å²) in [4.78, 5) is 22.5. The summed E-state index contributed by atoms with van der Waals surface area (Å²) in [6.45, 7) is 7.83. The first-order valence-electron chi connectivity index (χ1n) is 13.4. The van der Waals surface area contributed by atoms with Gasteiger partial charge in [0.25, 0.3) is 0 Å². The molecule has 3 aromatic rings. The summed E-state index contributed by atoms with van der Waals surface area (Å²) in [5.41, 5.74) is 4.27. The van der Waals surface area contributed by atoms with Crippen molar-refractivity contribution in [3.05, 3.63) is 70.9 Å². The number of amides is 1. The monoisotopic (exact) mass is 504 g/mol. The largest absolute Gasteiger partial charge is 0.325 e. The van der Waals surface area contributed by atoms with E-state index in [0.29, 0.717) is 24.5 Å². The molecule has 2 fully saturated rings. The number of pyridine rings is 1. The van der Waals surface area contributed by atoms with Crippen LogP contribution in [-0.2, 0) is 11.3 Å². The molecule has 0 radical (unpaired) electrons. The van der Waals surface area contributed by atoms with Crippen LogP contribution in [0.3, 0.4) is 0 Å². The van der Waals surface area contributed by atoms with Crippen LogP contribution in [0.15, 0.2) is 54.6 Å².